The molecule has 0 bridgehead atoms. The molecule has 0 aliphatic rings. The molecule has 49 heavy (non-hydrogen) atoms. The fourth-order valence-corrected chi connectivity index (χ4v) is 6.54. The molecule has 3 aromatic heterocycles. The van der Waals surface area contributed by atoms with E-state index in [4.69, 9.17) is 9.72 Å². The minimum atomic E-state index is -0.212. The fourth-order valence-electron chi connectivity index (χ4n) is 6.54. The van der Waals surface area contributed by atoms with Crippen LogP contribution in [0.15, 0.2) is 128 Å². The molecule has 0 N–H and O–H groups in total. The van der Waals surface area contributed by atoms with E-state index in [1.54, 1.807) is 0 Å². The maximum Gasteiger partial charge on any atom is 2.00 e. The van der Waals surface area contributed by atoms with E-state index < -0.39 is 0 Å². The Hall–Kier alpha value is -4.99. The van der Waals surface area contributed by atoms with Crippen molar-refractivity contribution in [3.8, 4) is 23.0 Å². The molecule has 244 valence electrons. The van der Waals surface area contributed by atoms with Crippen LogP contribution in [-0.4, -0.2) is 19.3 Å². The quantitative estimate of drug-likeness (QED) is 0.157. The maximum absolute atomic E-state index is 6.45. The molecule has 0 aliphatic heterocycles. The molecule has 0 spiro atoms. The second kappa shape index (κ2) is 12.5. The van der Waals surface area contributed by atoms with Gasteiger partial charge in [0.05, 0.1) is 11.7 Å². The Balaban J connectivity index is 0.00000378. The number of benzene rings is 5. The molecule has 0 saturated carbocycles. The number of aromatic nitrogens is 4. The van der Waals surface area contributed by atoms with Gasteiger partial charge in [-0.25, -0.2) is 4.98 Å². The van der Waals surface area contributed by atoms with Crippen LogP contribution in [-0.2, 0) is 31.9 Å². The van der Waals surface area contributed by atoms with E-state index in [1.165, 1.54) is 16.7 Å². The summed E-state index contributed by atoms with van der Waals surface area (Å²) >= 11 is 0. The van der Waals surface area contributed by atoms with Gasteiger partial charge in [0.2, 0.25) is 0 Å². The van der Waals surface area contributed by atoms with Crippen LogP contribution in [0.4, 0.5) is 0 Å². The van der Waals surface area contributed by atoms with Gasteiger partial charge in [-0.2, -0.15) is 17.2 Å². The summed E-state index contributed by atoms with van der Waals surface area (Å²) in [5, 5.41) is 7.93. The first-order valence-corrected chi connectivity index (χ1v) is 16.3. The minimum absolute atomic E-state index is 0. The SMILES string of the molecule is CC(C)(C)c1ccc2c(c1)c1ccc(Oc3[c-]c(-n4ncc5ccccc54)ccc3)[c-]c1n2-c1cc(C(C)(C)c2ccccc2)ccn1.[Pt+2]. The molecule has 5 aromatic carbocycles. The summed E-state index contributed by atoms with van der Waals surface area (Å²) in [4.78, 5) is 4.93. The summed E-state index contributed by atoms with van der Waals surface area (Å²) < 4.78 is 10.5. The number of fused-ring (bicyclic) bond motifs is 4. The predicted octanol–water partition coefficient (Wildman–Crippen LogP) is 10.5. The number of nitrogens with zero attached hydrogens (tertiary/aromatic N) is 4. The summed E-state index contributed by atoms with van der Waals surface area (Å²) in [6.45, 7) is 11.3. The van der Waals surface area contributed by atoms with Crippen molar-refractivity contribution < 1.29 is 25.8 Å². The first-order chi connectivity index (χ1) is 23.2. The van der Waals surface area contributed by atoms with Crippen LogP contribution in [0.2, 0.25) is 0 Å². The number of para-hydroxylation sites is 1. The number of pyridine rings is 1. The first kappa shape index (κ1) is 32.6. The molecule has 3 heterocycles. The van der Waals surface area contributed by atoms with Crippen LogP contribution in [0.5, 0.6) is 11.5 Å². The zero-order valence-electron chi connectivity index (χ0n) is 28.1. The van der Waals surface area contributed by atoms with Crippen LogP contribution >= 0.6 is 0 Å². The van der Waals surface area contributed by atoms with E-state index in [0.717, 1.165) is 44.2 Å². The monoisotopic (exact) mass is 819 g/mol. The summed E-state index contributed by atoms with van der Waals surface area (Å²) in [6, 6.07) is 46.9. The largest absolute Gasteiger partial charge is 2.00 e. The fraction of sp³-hybridized carbons (Fsp3) is 0.163. The van der Waals surface area contributed by atoms with Crippen molar-refractivity contribution in [2.75, 3.05) is 0 Å². The molecule has 8 rings (SSSR count). The second-order valence-corrected chi connectivity index (χ2v) is 13.9. The molecule has 8 aromatic rings. The third-order valence-corrected chi connectivity index (χ3v) is 9.39. The van der Waals surface area contributed by atoms with Gasteiger partial charge in [0.15, 0.2) is 0 Å². The molecule has 0 radical (unpaired) electrons. The maximum atomic E-state index is 6.45. The molecule has 0 aliphatic carbocycles. The van der Waals surface area contributed by atoms with Gasteiger partial charge < -0.3 is 9.30 Å². The van der Waals surface area contributed by atoms with Crippen molar-refractivity contribution in [2.24, 2.45) is 0 Å². The predicted molar refractivity (Wildman–Crippen MR) is 195 cm³/mol. The minimum Gasteiger partial charge on any atom is -0.509 e. The van der Waals surface area contributed by atoms with Crippen molar-refractivity contribution in [1.82, 2.24) is 19.3 Å². The van der Waals surface area contributed by atoms with Gasteiger partial charge in [0.1, 0.15) is 5.82 Å². The van der Waals surface area contributed by atoms with Gasteiger partial charge in [-0.3, -0.25) is 4.68 Å². The number of ether oxygens (including phenoxy) is 1. The van der Waals surface area contributed by atoms with Crippen molar-refractivity contribution in [2.45, 2.75) is 45.4 Å². The van der Waals surface area contributed by atoms with Crippen molar-refractivity contribution in [3.63, 3.8) is 0 Å². The number of rotatable bonds is 6. The molecule has 6 heteroatoms. The average Bonchev–Trinajstić information content (AvgIpc) is 3.67. The zero-order valence-corrected chi connectivity index (χ0v) is 30.4. The summed E-state index contributed by atoms with van der Waals surface area (Å²) in [5.41, 5.74) is 7.32. The Morgan fingerprint density at radius 1 is 0.633 bits per heavy atom. The topological polar surface area (TPSA) is 44.9 Å². The second-order valence-electron chi connectivity index (χ2n) is 13.9. The van der Waals surface area contributed by atoms with Gasteiger partial charge in [-0.15, -0.1) is 35.7 Å². The number of hydrogen-bond donors (Lipinski definition) is 0. The van der Waals surface area contributed by atoms with Crippen molar-refractivity contribution in [3.05, 3.63) is 156 Å². The van der Waals surface area contributed by atoms with Crippen LogP contribution in [0.1, 0.15) is 51.3 Å². The molecule has 0 amide bonds. The van der Waals surface area contributed by atoms with Crippen molar-refractivity contribution in [1.29, 1.82) is 0 Å². The molecule has 0 unspecified atom stereocenters. The molecule has 0 saturated heterocycles. The van der Waals surface area contributed by atoms with Gasteiger partial charge in [-0.05, 0) is 57.4 Å². The van der Waals surface area contributed by atoms with E-state index in [2.05, 4.69) is 135 Å². The first-order valence-electron chi connectivity index (χ1n) is 16.3. The Labute approximate surface area is 301 Å². The Morgan fingerprint density at radius 3 is 2.22 bits per heavy atom. The molecule has 0 atom stereocenters. The number of hydrogen-bond acceptors (Lipinski definition) is 3. The zero-order chi connectivity index (χ0) is 33.0. The summed E-state index contributed by atoms with van der Waals surface area (Å²) in [7, 11) is 0. The molecular weight excluding hydrogens is 784 g/mol. The van der Waals surface area contributed by atoms with Crippen LogP contribution in [0.3, 0.4) is 0 Å². The van der Waals surface area contributed by atoms with E-state index in [0.29, 0.717) is 11.5 Å². The van der Waals surface area contributed by atoms with Crippen molar-refractivity contribution >= 4 is 32.7 Å². The Morgan fingerprint density at radius 2 is 1.41 bits per heavy atom. The standard InChI is InChI=1S/C43H36N4O.Pt/c1-42(2,3)31-18-21-39-37(24-31)36-20-19-35(48-34-16-11-15-33(26-34)47-38-17-10-9-12-29(38)28-45-47)27-40(36)46(39)41-25-32(22-23-44-41)43(4,5)30-13-7-6-8-14-30;/h6-25,28H,1-5H3;/q-2;+2. The molecule has 0 fully saturated rings. The average molecular weight is 820 g/mol. The van der Waals surface area contributed by atoms with E-state index in [9.17, 15) is 0 Å². The summed E-state index contributed by atoms with van der Waals surface area (Å²) in [5.74, 6) is 2.03. The summed E-state index contributed by atoms with van der Waals surface area (Å²) in [6.07, 6.45) is 3.78. The normalized spacial score (nSPS) is 12.0. The van der Waals surface area contributed by atoms with Crippen LogP contribution in [0, 0.1) is 12.1 Å². The van der Waals surface area contributed by atoms with E-state index >= 15 is 0 Å². The Bertz CT molecular complexity index is 2450. The Kier molecular flexibility index (Phi) is 8.29. The van der Waals surface area contributed by atoms with E-state index in [-0.39, 0.29) is 31.9 Å². The van der Waals surface area contributed by atoms with Gasteiger partial charge in [-0.1, -0.05) is 101 Å². The van der Waals surface area contributed by atoms with Crippen LogP contribution in [0.25, 0.3) is 44.2 Å². The molecule has 5 nitrogen and oxygen atoms in total. The third-order valence-electron chi connectivity index (χ3n) is 9.39. The third kappa shape index (κ3) is 5.87. The van der Waals surface area contributed by atoms with E-state index in [1.807, 2.05) is 53.5 Å². The molecular formula is C43H36N4OPt. The van der Waals surface area contributed by atoms with Gasteiger partial charge in [0, 0.05) is 34.0 Å². The van der Waals surface area contributed by atoms with Gasteiger partial charge >= 0.3 is 21.1 Å². The smallest absolute Gasteiger partial charge is 0.509 e. The van der Waals surface area contributed by atoms with Crippen LogP contribution < -0.4 is 4.74 Å². The van der Waals surface area contributed by atoms with Gasteiger partial charge in [0.25, 0.3) is 0 Å².